The van der Waals surface area contributed by atoms with Crippen LogP contribution in [0.1, 0.15) is 44.2 Å². The molecule has 20 heavy (non-hydrogen) atoms. The number of aliphatic hydroxyl groups excluding tert-OH is 1. The minimum atomic E-state index is -0.104. The van der Waals surface area contributed by atoms with Gasteiger partial charge in [-0.25, -0.2) is 0 Å². The average molecular weight is 337 g/mol. The summed E-state index contributed by atoms with van der Waals surface area (Å²) in [6.45, 7) is 3.01. The number of halogens is 3. The zero-order chi connectivity index (χ0) is 14.7. The van der Waals surface area contributed by atoms with Crippen molar-refractivity contribution in [1.29, 1.82) is 0 Å². The SMILES string of the molecule is CC(NCC1CCC(O)CC1)c1ccc(Cl)c(Cl)c1Cl. The molecule has 1 atom stereocenters. The lowest BCUT2D eigenvalue weighted by Gasteiger charge is -2.27. The second-order valence-electron chi connectivity index (χ2n) is 5.57. The predicted molar refractivity (Wildman–Crippen MR) is 85.9 cm³/mol. The van der Waals surface area contributed by atoms with Crippen LogP contribution in [0.25, 0.3) is 0 Å². The van der Waals surface area contributed by atoms with Gasteiger partial charge in [-0.3, -0.25) is 0 Å². The van der Waals surface area contributed by atoms with E-state index in [9.17, 15) is 5.11 Å². The highest BCUT2D eigenvalue weighted by Crippen LogP contribution is 2.35. The molecule has 0 aromatic heterocycles. The standard InChI is InChI=1S/C15H20Cl3NO/c1-9(12-6-7-13(16)15(18)14(12)17)19-8-10-2-4-11(20)5-3-10/h6-7,9-11,19-20H,2-5,8H2,1H3. The van der Waals surface area contributed by atoms with E-state index in [-0.39, 0.29) is 12.1 Å². The number of benzene rings is 1. The Kier molecular flexibility index (Phi) is 6.00. The molecule has 1 fully saturated rings. The third-order valence-corrected chi connectivity index (χ3v) is 5.37. The Labute approximate surface area is 135 Å². The van der Waals surface area contributed by atoms with Gasteiger partial charge in [0.2, 0.25) is 0 Å². The molecule has 0 saturated heterocycles. The summed E-state index contributed by atoms with van der Waals surface area (Å²) < 4.78 is 0. The summed E-state index contributed by atoms with van der Waals surface area (Å²) >= 11 is 18.3. The average Bonchev–Trinajstić information content (AvgIpc) is 2.44. The van der Waals surface area contributed by atoms with Crippen LogP contribution in [-0.4, -0.2) is 17.8 Å². The van der Waals surface area contributed by atoms with Crippen molar-refractivity contribution in [3.8, 4) is 0 Å². The van der Waals surface area contributed by atoms with Crippen molar-refractivity contribution in [1.82, 2.24) is 5.32 Å². The van der Waals surface area contributed by atoms with Gasteiger partial charge in [0.25, 0.3) is 0 Å². The second kappa shape index (κ2) is 7.33. The second-order valence-corrected chi connectivity index (χ2v) is 6.73. The lowest BCUT2D eigenvalue weighted by atomic mass is 9.87. The van der Waals surface area contributed by atoms with Crippen LogP contribution in [0, 0.1) is 5.92 Å². The number of hydrogen-bond acceptors (Lipinski definition) is 2. The number of nitrogens with one attached hydrogen (secondary N) is 1. The van der Waals surface area contributed by atoms with Gasteiger partial charge in [-0.1, -0.05) is 40.9 Å². The van der Waals surface area contributed by atoms with E-state index in [1.165, 1.54) is 0 Å². The fourth-order valence-electron chi connectivity index (χ4n) is 2.68. The van der Waals surface area contributed by atoms with Gasteiger partial charge in [-0.2, -0.15) is 0 Å². The Balaban J connectivity index is 1.92. The Hall–Kier alpha value is 0.01000. The molecule has 0 spiro atoms. The highest BCUT2D eigenvalue weighted by Gasteiger charge is 2.20. The molecular weight excluding hydrogens is 317 g/mol. The van der Waals surface area contributed by atoms with Crippen LogP contribution in [0.4, 0.5) is 0 Å². The molecule has 112 valence electrons. The molecule has 1 aliphatic carbocycles. The molecule has 1 aliphatic rings. The predicted octanol–water partition coefficient (Wildman–Crippen LogP) is 4.85. The summed E-state index contributed by atoms with van der Waals surface area (Å²) in [5.74, 6) is 0.627. The van der Waals surface area contributed by atoms with Crippen LogP contribution >= 0.6 is 34.8 Å². The third kappa shape index (κ3) is 4.02. The van der Waals surface area contributed by atoms with Crippen molar-refractivity contribution < 1.29 is 5.11 Å². The maximum absolute atomic E-state index is 9.51. The molecule has 1 saturated carbocycles. The first-order chi connectivity index (χ1) is 9.49. The Bertz CT molecular complexity index is 459. The van der Waals surface area contributed by atoms with E-state index in [1.54, 1.807) is 6.07 Å². The Morgan fingerprint density at radius 1 is 1.15 bits per heavy atom. The normalized spacial score (nSPS) is 24.6. The van der Waals surface area contributed by atoms with Gasteiger partial charge in [-0.05, 0) is 56.7 Å². The molecule has 2 rings (SSSR count). The molecule has 1 aromatic carbocycles. The van der Waals surface area contributed by atoms with E-state index in [2.05, 4.69) is 12.2 Å². The summed E-state index contributed by atoms with van der Waals surface area (Å²) in [7, 11) is 0. The lowest BCUT2D eigenvalue weighted by Crippen LogP contribution is -2.29. The van der Waals surface area contributed by atoms with E-state index in [4.69, 9.17) is 34.8 Å². The molecule has 0 aliphatic heterocycles. The van der Waals surface area contributed by atoms with Crippen LogP contribution in [-0.2, 0) is 0 Å². The van der Waals surface area contributed by atoms with Crippen LogP contribution < -0.4 is 5.32 Å². The van der Waals surface area contributed by atoms with Crippen molar-refractivity contribution in [2.45, 2.75) is 44.8 Å². The third-order valence-electron chi connectivity index (χ3n) is 4.06. The van der Waals surface area contributed by atoms with Crippen LogP contribution in [0.15, 0.2) is 12.1 Å². The summed E-state index contributed by atoms with van der Waals surface area (Å²) in [5, 5.41) is 14.4. The molecule has 0 amide bonds. The molecule has 2 nitrogen and oxygen atoms in total. The van der Waals surface area contributed by atoms with Gasteiger partial charge in [0.15, 0.2) is 0 Å². The van der Waals surface area contributed by atoms with Crippen molar-refractivity contribution in [3.63, 3.8) is 0 Å². The smallest absolute Gasteiger partial charge is 0.0781 e. The van der Waals surface area contributed by atoms with E-state index >= 15 is 0 Å². The topological polar surface area (TPSA) is 32.3 Å². The van der Waals surface area contributed by atoms with Crippen molar-refractivity contribution in [2.24, 2.45) is 5.92 Å². The fourth-order valence-corrected chi connectivity index (χ4v) is 3.38. The zero-order valence-corrected chi connectivity index (χ0v) is 13.8. The Morgan fingerprint density at radius 3 is 2.45 bits per heavy atom. The molecule has 1 aromatic rings. The van der Waals surface area contributed by atoms with Crippen LogP contribution in [0.2, 0.25) is 15.1 Å². The molecule has 2 N–H and O–H groups in total. The van der Waals surface area contributed by atoms with Crippen LogP contribution in [0.5, 0.6) is 0 Å². The minimum absolute atomic E-state index is 0.104. The van der Waals surface area contributed by atoms with Gasteiger partial charge in [0.05, 0.1) is 21.2 Å². The van der Waals surface area contributed by atoms with Gasteiger partial charge in [-0.15, -0.1) is 0 Å². The first-order valence-electron chi connectivity index (χ1n) is 7.04. The van der Waals surface area contributed by atoms with E-state index < -0.39 is 0 Å². The minimum Gasteiger partial charge on any atom is -0.393 e. The van der Waals surface area contributed by atoms with E-state index in [1.807, 2.05) is 6.07 Å². The maximum atomic E-state index is 9.51. The molecule has 1 unspecified atom stereocenters. The highest BCUT2D eigenvalue weighted by atomic mass is 35.5. The summed E-state index contributed by atoms with van der Waals surface area (Å²) in [6.07, 6.45) is 3.88. The number of hydrogen-bond donors (Lipinski definition) is 2. The van der Waals surface area contributed by atoms with E-state index in [0.29, 0.717) is 21.0 Å². The number of aliphatic hydroxyl groups is 1. The zero-order valence-electron chi connectivity index (χ0n) is 11.5. The van der Waals surface area contributed by atoms with Crippen molar-refractivity contribution >= 4 is 34.8 Å². The Morgan fingerprint density at radius 2 is 1.80 bits per heavy atom. The highest BCUT2D eigenvalue weighted by molar-refractivity contribution is 6.48. The van der Waals surface area contributed by atoms with Gasteiger partial charge < -0.3 is 10.4 Å². The van der Waals surface area contributed by atoms with Gasteiger partial charge >= 0.3 is 0 Å². The molecule has 0 heterocycles. The van der Waals surface area contributed by atoms with Crippen LogP contribution in [0.3, 0.4) is 0 Å². The molecule has 0 bridgehead atoms. The fraction of sp³-hybridized carbons (Fsp3) is 0.600. The summed E-state index contributed by atoms with van der Waals surface area (Å²) in [6, 6.07) is 3.82. The van der Waals surface area contributed by atoms with Crippen molar-refractivity contribution in [2.75, 3.05) is 6.54 Å². The lowest BCUT2D eigenvalue weighted by molar-refractivity contribution is 0.108. The quantitative estimate of drug-likeness (QED) is 0.770. The van der Waals surface area contributed by atoms with E-state index in [0.717, 1.165) is 37.8 Å². The first kappa shape index (κ1) is 16.4. The number of rotatable bonds is 4. The monoisotopic (exact) mass is 335 g/mol. The maximum Gasteiger partial charge on any atom is 0.0781 e. The van der Waals surface area contributed by atoms with Gasteiger partial charge in [0, 0.05) is 6.04 Å². The largest absolute Gasteiger partial charge is 0.393 e. The first-order valence-corrected chi connectivity index (χ1v) is 8.17. The summed E-state index contributed by atoms with van der Waals surface area (Å²) in [5.41, 5.74) is 0.969. The summed E-state index contributed by atoms with van der Waals surface area (Å²) in [4.78, 5) is 0. The molecule has 0 radical (unpaired) electrons. The molecule has 5 heteroatoms. The van der Waals surface area contributed by atoms with Crippen molar-refractivity contribution in [3.05, 3.63) is 32.8 Å². The molecular formula is C15H20Cl3NO. The van der Waals surface area contributed by atoms with Gasteiger partial charge in [0.1, 0.15) is 0 Å².